The lowest BCUT2D eigenvalue weighted by atomic mass is 9.97. The minimum Gasteiger partial charge on any atom is -0.507 e. The summed E-state index contributed by atoms with van der Waals surface area (Å²) in [5, 5.41) is 13.1. The van der Waals surface area contributed by atoms with Crippen molar-refractivity contribution in [3.63, 3.8) is 0 Å². The lowest BCUT2D eigenvalue weighted by Gasteiger charge is -2.30. The molecule has 3 heterocycles. The third-order valence-electron chi connectivity index (χ3n) is 5.80. The molecule has 2 aliphatic heterocycles. The number of morpholine rings is 1. The Hall–Kier alpha value is -2.68. The van der Waals surface area contributed by atoms with Crippen molar-refractivity contribution in [2.24, 2.45) is 0 Å². The van der Waals surface area contributed by atoms with Crippen molar-refractivity contribution < 1.29 is 24.2 Å². The maximum atomic E-state index is 13.1. The second kappa shape index (κ2) is 9.21. The van der Waals surface area contributed by atoms with Gasteiger partial charge in [0.2, 0.25) is 0 Å². The fourth-order valence-corrected chi connectivity index (χ4v) is 4.95. The number of amides is 1. The predicted molar refractivity (Wildman–Crippen MR) is 118 cm³/mol. The molecule has 164 valence electrons. The minimum atomic E-state index is -0.645. The van der Waals surface area contributed by atoms with Crippen LogP contribution < -0.4 is 4.74 Å². The number of hydrogen-bond acceptors (Lipinski definition) is 7. The van der Waals surface area contributed by atoms with Crippen molar-refractivity contribution in [2.75, 3.05) is 46.5 Å². The Labute approximate surface area is 185 Å². The average molecular weight is 443 g/mol. The molecular weight excluding hydrogens is 416 g/mol. The molecule has 2 aromatic rings. The molecule has 7 nitrogen and oxygen atoms in total. The van der Waals surface area contributed by atoms with E-state index in [1.807, 2.05) is 24.4 Å². The number of aryl methyl sites for hydroxylation is 1. The van der Waals surface area contributed by atoms with Gasteiger partial charge < -0.3 is 19.5 Å². The molecule has 0 bridgehead atoms. The number of ether oxygens (including phenoxy) is 2. The van der Waals surface area contributed by atoms with Crippen molar-refractivity contribution in [3.8, 4) is 5.75 Å². The maximum Gasteiger partial charge on any atom is 0.295 e. The highest BCUT2D eigenvalue weighted by Gasteiger charge is 2.46. The molecule has 4 rings (SSSR count). The predicted octanol–water partition coefficient (Wildman–Crippen LogP) is 2.82. The van der Waals surface area contributed by atoms with Gasteiger partial charge in [0.1, 0.15) is 11.5 Å². The van der Waals surface area contributed by atoms with Crippen LogP contribution in [0.5, 0.6) is 5.75 Å². The van der Waals surface area contributed by atoms with Crippen molar-refractivity contribution in [1.82, 2.24) is 9.80 Å². The van der Waals surface area contributed by atoms with E-state index in [9.17, 15) is 14.7 Å². The second-order valence-electron chi connectivity index (χ2n) is 7.64. The summed E-state index contributed by atoms with van der Waals surface area (Å²) in [7, 11) is 1.57. The first-order chi connectivity index (χ1) is 15.0. The largest absolute Gasteiger partial charge is 0.507 e. The molecule has 1 N–H and O–H groups in total. The average Bonchev–Trinajstić information content (AvgIpc) is 3.40. The Morgan fingerprint density at radius 2 is 2.00 bits per heavy atom. The van der Waals surface area contributed by atoms with Gasteiger partial charge in [0.05, 0.1) is 31.9 Å². The fraction of sp³-hybridized carbons (Fsp3) is 0.391. The number of likely N-dealkylation sites (tertiary alicyclic amines) is 1. The molecule has 0 aliphatic carbocycles. The smallest absolute Gasteiger partial charge is 0.295 e. The Morgan fingerprint density at radius 1 is 1.23 bits per heavy atom. The van der Waals surface area contributed by atoms with E-state index in [-0.39, 0.29) is 11.3 Å². The van der Waals surface area contributed by atoms with E-state index in [0.717, 1.165) is 23.5 Å². The summed E-state index contributed by atoms with van der Waals surface area (Å²) in [5.41, 5.74) is 1.43. The van der Waals surface area contributed by atoms with Crippen molar-refractivity contribution in [1.29, 1.82) is 0 Å². The van der Waals surface area contributed by atoms with Gasteiger partial charge in [0.25, 0.3) is 11.7 Å². The van der Waals surface area contributed by atoms with Crippen molar-refractivity contribution in [2.45, 2.75) is 13.0 Å². The SMILES string of the molecule is COc1ccc(C(O)=C2C(=O)C(=O)N(CCN3CCOCC3)[C@@H]2c2cccs2)c(C)c1. The van der Waals surface area contributed by atoms with Gasteiger partial charge in [-0.15, -0.1) is 11.3 Å². The van der Waals surface area contributed by atoms with Gasteiger partial charge in [-0.05, 0) is 42.1 Å². The number of Topliss-reactive ketones (excluding diaryl/α,β-unsaturated/α-hetero) is 1. The second-order valence-corrected chi connectivity index (χ2v) is 8.62. The van der Waals surface area contributed by atoms with E-state index < -0.39 is 17.7 Å². The monoisotopic (exact) mass is 442 g/mol. The first-order valence-electron chi connectivity index (χ1n) is 10.3. The fourth-order valence-electron chi connectivity index (χ4n) is 4.10. The van der Waals surface area contributed by atoms with E-state index >= 15 is 0 Å². The number of benzene rings is 1. The Morgan fingerprint density at radius 3 is 2.65 bits per heavy atom. The van der Waals surface area contributed by atoms with Crippen LogP contribution in [-0.4, -0.2) is 73.1 Å². The zero-order valence-electron chi connectivity index (χ0n) is 17.7. The summed E-state index contributed by atoms with van der Waals surface area (Å²) in [6.07, 6.45) is 0. The van der Waals surface area contributed by atoms with E-state index in [1.165, 1.54) is 11.3 Å². The molecule has 0 spiro atoms. The molecule has 2 aliphatic rings. The summed E-state index contributed by atoms with van der Waals surface area (Å²) < 4.78 is 10.6. The normalized spacial score (nSPS) is 21.6. The molecule has 1 aromatic carbocycles. The molecule has 0 unspecified atom stereocenters. The van der Waals surface area contributed by atoms with Crippen LogP contribution in [0.15, 0.2) is 41.3 Å². The zero-order valence-corrected chi connectivity index (χ0v) is 18.5. The van der Waals surface area contributed by atoms with Crippen LogP contribution in [0.1, 0.15) is 22.0 Å². The van der Waals surface area contributed by atoms with E-state index in [4.69, 9.17) is 9.47 Å². The number of aliphatic hydroxyl groups excluding tert-OH is 1. The highest BCUT2D eigenvalue weighted by molar-refractivity contribution is 7.10. The van der Waals surface area contributed by atoms with Crippen LogP contribution in [0.25, 0.3) is 5.76 Å². The number of ketones is 1. The zero-order chi connectivity index (χ0) is 22.0. The van der Waals surface area contributed by atoms with Crippen molar-refractivity contribution in [3.05, 3.63) is 57.3 Å². The van der Waals surface area contributed by atoms with Gasteiger partial charge in [0, 0.05) is 36.6 Å². The van der Waals surface area contributed by atoms with Gasteiger partial charge >= 0.3 is 0 Å². The minimum absolute atomic E-state index is 0.141. The van der Waals surface area contributed by atoms with Gasteiger partial charge in [-0.2, -0.15) is 0 Å². The third-order valence-corrected chi connectivity index (χ3v) is 6.73. The lowest BCUT2D eigenvalue weighted by molar-refractivity contribution is -0.140. The highest BCUT2D eigenvalue weighted by Crippen LogP contribution is 2.41. The first kappa shape index (κ1) is 21.5. The first-order valence-corrected chi connectivity index (χ1v) is 11.2. The Bertz CT molecular complexity index is 995. The molecule has 1 atom stereocenters. The maximum absolute atomic E-state index is 13.1. The van der Waals surface area contributed by atoms with E-state index in [0.29, 0.717) is 37.6 Å². The Balaban J connectivity index is 1.71. The number of nitrogens with zero attached hydrogens (tertiary/aromatic N) is 2. The third kappa shape index (κ3) is 4.23. The molecule has 2 fully saturated rings. The van der Waals surface area contributed by atoms with Crippen LogP contribution in [0.4, 0.5) is 0 Å². The van der Waals surface area contributed by atoms with Gasteiger partial charge in [-0.25, -0.2) is 0 Å². The number of aliphatic hydroxyl groups is 1. The summed E-state index contributed by atoms with van der Waals surface area (Å²) in [5.74, 6) is -0.701. The molecule has 0 radical (unpaired) electrons. The number of carbonyl (C=O) groups is 2. The molecule has 8 heteroatoms. The molecular formula is C23H26N2O5S. The highest BCUT2D eigenvalue weighted by atomic mass is 32.1. The van der Waals surface area contributed by atoms with Gasteiger partial charge in [0.15, 0.2) is 0 Å². The van der Waals surface area contributed by atoms with Gasteiger partial charge in [-0.1, -0.05) is 6.07 Å². The molecule has 1 amide bonds. The van der Waals surface area contributed by atoms with Crippen LogP contribution >= 0.6 is 11.3 Å². The number of carbonyl (C=O) groups excluding carboxylic acids is 2. The number of thiophene rings is 1. The molecule has 0 saturated carbocycles. The summed E-state index contributed by atoms with van der Waals surface area (Å²) in [6, 6.07) is 8.44. The number of rotatable bonds is 6. The standard InChI is InChI=1S/C23H26N2O5S/c1-15-14-16(29-2)5-6-17(15)21(26)19-20(18-4-3-13-31-18)25(23(28)22(19)27)8-7-24-9-11-30-12-10-24/h3-6,13-14,20,26H,7-12H2,1-2H3/t20-/m1/s1. The van der Waals surface area contributed by atoms with Crippen LogP contribution in [0.2, 0.25) is 0 Å². The summed E-state index contributed by atoms with van der Waals surface area (Å²) in [4.78, 5) is 30.7. The van der Waals surface area contributed by atoms with Crippen LogP contribution in [-0.2, 0) is 14.3 Å². The number of hydrogen-bond donors (Lipinski definition) is 1. The van der Waals surface area contributed by atoms with E-state index in [1.54, 1.807) is 30.2 Å². The van der Waals surface area contributed by atoms with Crippen molar-refractivity contribution >= 4 is 28.8 Å². The van der Waals surface area contributed by atoms with Crippen LogP contribution in [0.3, 0.4) is 0 Å². The molecule has 2 saturated heterocycles. The number of methoxy groups -OCH3 is 1. The Kier molecular flexibility index (Phi) is 6.41. The van der Waals surface area contributed by atoms with Crippen LogP contribution in [0, 0.1) is 6.92 Å². The quantitative estimate of drug-likeness (QED) is 0.421. The lowest BCUT2D eigenvalue weighted by Crippen LogP contribution is -2.42. The summed E-state index contributed by atoms with van der Waals surface area (Å²) >= 11 is 1.47. The van der Waals surface area contributed by atoms with E-state index in [2.05, 4.69) is 4.90 Å². The topological polar surface area (TPSA) is 79.3 Å². The summed E-state index contributed by atoms with van der Waals surface area (Å²) in [6.45, 7) is 5.85. The molecule has 1 aromatic heterocycles. The molecule has 31 heavy (non-hydrogen) atoms. The van der Waals surface area contributed by atoms with Gasteiger partial charge in [-0.3, -0.25) is 14.5 Å².